The molecule has 1 rings (SSSR count). The highest BCUT2D eigenvalue weighted by Crippen LogP contribution is 2.16. The molecule has 25 heavy (non-hydrogen) atoms. The van der Waals surface area contributed by atoms with E-state index in [1.807, 2.05) is 13.8 Å². The van der Waals surface area contributed by atoms with Crippen LogP contribution in [0, 0.1) is 11.8 Å². The highest BCUT2D eigenvalue weighted by atomic mass is 35.5. The number of carbonyl (C=O) groups is 1. The molecule has 0 aliphatic rings. The lowest BCUT2D eigenvalue weighted by atomic mass is 10.0. The third-order valence-electron chi connectivity index (χ3n) is 3.68. The molecule has 0 saturated heterocycles. The second-order valence-electron chi connectivity index (χ2n) is 6.81. The van der Waals surface area contributed by atoms with Crippen LogP contribution >= 0.6 is 11.6 Å². The molecule has 3 N–H and O–H groups in total. The Morgan fingerprint density at radius 2 is 1.72 bits per heavy atom. The summed E-state index contributed by atoms with van der Waals surface area (Å²) in [6.07, 6.45) is 0.608. The number of hydrogen-bond donors (Lipinski definition) is 3. The fraction of sp³-hybridized carbons (Fsp3) is 0.588. The molecule has 0 unspecified atom stereocenters. The van der Waals surface area contributed by atoms with E-state index in [0.717, 1.165) is 0 Å². The summed E-state index contributed by atoms with van der Waals surface area (Å²) >= 11 is 5.78. The molecule has 0 radical (unpaired) electrons. The standard InChI is InChI=1S/C17H27ClN2O4S/c1-11(2)9-14(10-21)19-17(22)16(12(3)4)20-25(23,24)15-7-5-13(18)6-8-15/h5-8,11-12,14,16,20-21H,9-10H2,1-4H3,(H,19,22)/t14-,16-/m0/s1. The number of aliphatic hydroxyl groups is 1. The van der Waals surface area contributed by atoms with Crippen LogP contribution in [-0.4, -0.2) is 38.1 Å². The Bertz CT molecular complexity index is 660. The van der Waals surface area contributed by atoms with Gasteiger partial charge >= 0.3 is 0 Å². The van der Waals surface area contributed by atoms with Gasteiger partial charge < -0.3 is 10.4 Å². The topological polar surface area (TPSA) is 95.5 Å². The number of aliphatic hydroxyl groups excluding tert-OH is 1. The first-order chi connectivity index (χ1) is 11.6. The van der Waals surface area contributed by atoms with Crippen molar-refractivity contribution in [2.45, 2.75) is 51.1 Å². The van der Waals surface area contributed by atoms with E-state index in [1.165, 1.54) is 24.3 Å². The summed E-state index contributed by atoms with van der Waals surface area (Å²) in [5.74, 6) is -0.423. The van der Waals surface area contributed by atoms with E-state index in [0.29, 0.717) is 17.4 Å². The van der Waals surface area contributed by atoms with Crippen LogP contribution in [0.1, 0.15) is 34.1 Å². The highest BCUT2D eigenvalue weighted by Gasteiger charge is 2.29. The summed E-state index contributed by atoms with van der Waals surface area (Å²) < 4.78 is 27.5. The second kappa shape index (κ2) is 9.52. The minimum absolute atomic E-state index is 0.0382. The Hall–Kier alpha value is -1.15. The maximum absolute atomic E-state index is 12.5. The van der Waals surface area contributed by atoms with Crippen molar-refractivity contribution in [1.29, 1.82) is 0 Å². The van der Waals surface area contributed by atoms with Gasteiger partial charge in [0.1, 0.15) is 6.04 Å². The van der Waals surface area contributed by atoms with Crippen molar-refractivity contribution >= 4 is 27.5 Å². The van der Waals surface area contributed by atoms with E-state index in [2.05, 4.69) is 10.0 Å². The molecule has 1 amide bonds. The number of benzene rings is 1. The van der Waals surface area contributed by atoms with Crippen LogP contribution in [0.3, 0.4) is 0 Å². The molecule has 0 aromatic heterocycles. The lowest BCUT2D eigenvalue weighted by Gasteiger charge is -2.25. The summed E-state index contributed by atoms with van der Waals surface area (Å²) in [6, 6.07) is 4.37. The van der Waals surface area contributed by atoms with Crippen LogP contribution < -0.4 is 10.0 Å². The molecule has 0 heterocycles. The number of sulfonamides is 1. The molecule has 142 valence electrons. The molecule has 1 aromatic rings. The fourth-order valence-corrected chi connectivity index (χ4v) is 3.85. The Morgan fingerprint density at radius 1 is 1.16 bits per heavy atom. The number of carbonyl (C=O) groups excluding carboxylic acids is 1. The largest absolute Gasteiger partial charge is 0.394 e. The van der Waals surface area contributed by atoms with Gasteiger partial charge in [-0.3, -0.25) is 4.79 Å². The Labute approximate surface area is 155 Å². The summed E-state index contributed by atoms with van der Waals surface area (Å²) in [5, 5.41) is 12.6. The monoisotopic (exact) mass is 390 g/mol. The zero-order chi connectivity index (χ0) is 19.2. The molecule has 0 fully saturated rings. The zero-order valence-corrected chi connectivity index (χ0v) is 16.6. The first-order valence-electron chi connectivity index (χ1n) is 8.26. The third-order valence-corrected chi connectivity index (χ3v) is 5.39. The normalized spacial score (nSPS) is 14.6. The first kappa shape index (κ1) is 21.9. The van der Waals surface area contributed by atoms with E-state index in [1.54, 1.807) is 13.8 Å². The number of amides is 1. The average Bonchev–Trinajstić information content (AvgIpc) is 2.51. The van der Waals surface area contributed by atoms with Crippen molar-refractivity contribution in [2.75, 3.05) is 6.61 Å². The smallest absolute Gasteiger partial charge is 0.241 e. The Morgan fingerprint density at radius 3 is 2.16 bits per heavy atom. The molecule has 0 spiro atoms. The van der Waals surface area contributed by atoms with Crippen LogP contribution in [0.15, 0.2) is 29.2 Å². The van der Waals surface area contributed by atoms with Crippen LogP contribution in [0.5, 0.6) is 0 Å². The molecule has 0 aliphatic carbocycles. The van der Waals surface area contributed by atoms with Crippen molar-refractivity contribution in [3.63, 3.8) is 0 Å². The number of halogens is 1. The molecule has 0 bridgehead atoms. The fourth-order valence-electron chi connectivity index (χ4n) is 2.38. The predicted molar refractivity (Wildman–Crippen MR) is 98.9 cm³/mol. The predicted octanol–water partition coefficient (Wildman–Crippen LogP) is 2.17. The number of nitrogens with one attached hydrogen (secondary N) is 2. The third kappa shape index (κ3) is 6.93. The Kier molecular flexibility index (Phi) is 8.34. The summed E-state index contributed by atoms with van der Waals surface area (Å²) in [6.45, 7) is 7.28. The van der Waals surface area contributed by atoms with Gasteiger partial charge in [-0.25, -0.2) is 8.42 Å². The van der Waals surface area contributed by atoms with Gasteiger partial charge in [0.2, 0.25) is 15.9 Å². The molecular weight excluding hydrogens is 364 g/mol. The summed E-state index contributed by atoms with van der Waals surface area (Å²) in [5.41, 5.74) is 0. The molecule has 2 atom stereocenters. The van der Waals surface area contributed by atoms with Crippen molar-refractivity contribution in [2.24, 2.45) is 11.8 Å². The van der Waals surface area contributed by atoms with Crippen molar-refractivity contribution in [1.82, 2.24) is 10.0 Å². The van der Waals surface area contributed by atoms with Gasteiger partial charge in [-0.15, -0.1) is 0 Å². The quantitative estimate of drug-likeness (QED) is 0.602. The van der Waals surface area contributed by atoms with Gasteiger partial charge in [-0.2, -0.15) is 4.72 Å². The highest BCUT2D eigenvalue weighted by molar-refractivity contribution is 7.89. The van der Waals surface area contributed by atoms with Crippen LogP contribution in [0.2, 0.25) is 5.02 Å². The van der Waals surface area contributed by atoms with Crippen molar-refractivity contribution in [3.05, 3.63) is 29.3 Å². The van der Waals surface area contributed by atoms with E-state index in [-0.39, 0.29) is 17.4 Å². The molecular formula is C17H27ClN2O4S. The lowest BCUT2D eigenvalue weighted by Crippen LogP contribution is -2.52. The van der Waals surface area contributed by atoms with Gasteiger partial charge in [0.25, 0.3) is 0 Å². The molecule has 0 aliphatic heterocycles. The van der Waals surface area contributed by atoms with Crippen molar-refractivity contribution < 1.29 is 18.3 Å². The lowest BCUT2D eigenvalue weighted by molar-refractivity contribution is -0.124. The van der Waals surface area contributed by atoms with Crippen LogP contribution in [0.4, 0.5) is 0 Å². The SMILES string of the molecule is CC(C)C[C@@H](CO)NC(=O)[C@@H](NS(=O)(=O)c1ccc(Cl)cc1)C(C)C. The van der Waals surface area contributed by atoms with E-state index < -0.39 is 28.0 Å². The summed E-state index contributed by atoms with van der Waals surface area (Å²) in [7, 11) is -3.86. The van der Waals surface area contributed by atoms with E-state index in [4.69, 9.17) is 11.6 Å². The second-order valence-corrected chi connectivity index (χ2v) is 8.96. The van der Waals surface area contributed by atoms with Gasteiger partial charge in [-0.1, -0.05) is 39.3 Å². The minimum Gasteiger partial charge on any atom is -0.394 e. The Balaban J connectivity index is 2.92. The zero-order valence-electron chi connectivity index (χ0n) is 15.0. The maximum Gasteiger partial charge on any atom is 0.241 e. The number of rotatable bonds is 9. The minimum atomic E-state index is -3.86. The molecule has 0 saturated carbocycles. The van der Waals surface area contributed by atoms with Gasteiger partial charge in [0.05, 0.1) is 17.5 Å². The first-order valence-corrected chi connectivity index (χ1v) is 10.1. The van der Waals surface area contributed by atoms with Crippen LogP contribution in [0.25, 0.3) is 0 Å². The molecule has 8 heteroatoms. The van der Waals surface area contributed by atoms with Gasteiger partial charge in [-0.05, 0) is 42.5 Å². The van der Waals surface area contributed by atoms with Crippen molar-refractivity contribution in [3.8, 4) is 0 Å². The average molecular weight is 391 g/mol. The molecule has 1 aromatic carbocycles. The van der Waals surface area contributed by atoms with Crippen LogP contribution in [-0.2, 0) is 14.8 Å². The van der Waals surface area contributed by atoms with Gasteiger partial charge in [0, 0.05) is 5.02 Å². The van der Waals surface area contributed by atoms with Gasteiger partial charge in [0.15, 0.2) is 0 Å². The number of hydrogen-bond acceptors (Lipinski definition) is 4. The summed E-state index contributed by atoms with van der Waals surface area (Å²) in [4.78, 5) is 12.6. The maximum atomic E-state index is 12.5. The molecule has 6 nitrogen and oxygen atoms in total. The van der Waals surface area contributed by atoms with E-state index in [9.17, 15) is 18.3 Å². The van der Waals surface area contributed by atoms with E-state index >= 15 is 0 Å².